The molecule has 1 saturated heterocycles. The summed E-state index contributed by atoms with van der Waals surface area (Å²) in [5.41, 5.74) is 3.34. The summed E-state index contributed by atoms with van der Waals surface area (Å²) in [6, 6.07) is 5.81. The van der Waals surface area contributed by atoms with Crippen LogP contribution in [-0.4, -0.2) is 63.8 Å². The summed E-state index contributed by atoms with van der Waals surface area (Å²) < 4.78 is 5.40. The molecule has 28 heavy (non-hydrogen) atoms. The van der Waals surface area contributed by atoms with Crippen molar-refractivity contribution in [2.75, 3.05) is 37.7 Å². The van der Waals surface area contributed by atoms with E-state index in [-0.39, 0.29) is 5.91 Å². The minimum atomic E-state index is -0.0729. The van der Waals surface area contributed by atoms with Gasteiger partial charge in [0.2, 0.25) is 5.95 Å². The molecule has 0 bridgehead atoms. The van der Waals surface area contributed by atoms with Gasteiger partial charge in [-0.2, -0.15) is 5.10 Å². The van der Waals surface area contributed by atoms with E-state index in [1.165, 1.54) is 0 Å². The molecule has 0 saturated carbocycles. The van der Waals surface area contributed by atoms with Crippen LogP contribution in [0.5, 0.6) is 0 Å². The quantitative estimate of drug-likeness (QED) is 0.728. The molecule has 0 radical (unpaired) electrons. The molecule has 9 heteroatoms. The molecule has 2 aliphatic heterocycles. The van der Waals surface area contributed by atoms with Gasteiger partial charge in [-0.25, -0.2) is 9.97 Å². The van der Waals surface area contributed by atoms with E-state index in [4.69, 9.17) is 9.72 Å². The minimum absolute atomic E-state index is 0.0729. The number of morpholine rings is 1. The smallest absolute Gasteiger partial charge is 0.274 e. The lowest BCUT2D eigenvalue weighted by Gasteiger charge is -2.30. The Hall–Kier alpha value is -2.78. The lowest BCUT2D eigenvalue weighted by Crippen LogP contribution is -2.39. The number of rotatable bonds is 3. The third-order valence-electron chi connectivity index (χ3n) is 5.10. The maximum Gasteiger partial charge on any atom is 0.274 e. The number of H-pyrrole nitrogens is 1. The van der Waals surface area contributed by atoms with Gasteiger partial charge in [-0.3, -0.25) is 9.89 Å². The van der Waals surface area contributed by atoms with Gasteiger partial charge in [-0.1, -0.05) is 6.07 Å². The number of aromatic amines is 1. The molecule has 144 valence electrons. The van der Waals surface area contributed by atoms with Crippen molar-refractivity contribution in [1.29, 1.82) is 0 Å². The van der Waals surface area contributed by atoms with Gasteiger partial charge in [0.1, 0.15) is 0 Å². The topological polar surface area (TPSA) is 87.2 Å². The van der Waals surface area contributed by atoms with Gasteiger partial charge in [0.25, 0.3) is 5.91 Å². The number of carbonyl (C=O) groups excluding carboxylic acids is 1. The standard InChI is InChI=1S/C19H20N6O2S/c26-18(15-10-14(22-23-15)17-2-1-9-28-17)25-4-3-13-11-20-19(21-16(13)12-25)24-5-7-27-8-6-24/h1-2,9-11H,3-8,12H2,(H,22,23). The molecule has 1 amide bonds. The zero-order valence-electron chi connectivity index (χ0n) is 15.3. The molecule has 0 aromatic carbocycles. The number of amides is 1. The Kier molecular flexibility index (Phi) is 4.53. The molecule has 0 aliphatic carbocycles. The molecule has 2 aliphatic rings. The molecular weight excluding hydrogens is 376 g/mol. The van der Waals surface area contributed by atoms with E-state index in [2.05, 4.69) is 20.1 Å². The summed E-state index contributed by atoms with van der Waals surface area (Å²) in [6.45, 7) is 4.09. The largest absolute Gasteiger partial charge is 0.378 e. The van der Waals surface area contributed by atoms with E-state index in [0.717, 1.165) is 47.3 Å². The SMILES string of the molecule is O=C(c1cc(-c2cccs2)[nH]n1)N1CCc2cnc(N3CCOCC3)nc2C1. The summed E-state index contributed by atoms with van der Waals surface area (Å²) in [5, 5.41) is 9.20. The van der Waals surface area contributed by atoms with Crippen LogP contribution >= 0.6 is 11.3 Å². The molecular formula is C19H20N6O2S. The molecule has 5 rings (SSSR count). The van der Waals surface area contributed by atoms with Crippen LogP contribution in [0.2, 0.25) is 0 Å². The number of ether oxygens (including phenoxy) is 1. The molecule has 0 atom stereocenters. The van der Waals surface area contributed by atoms with Crippen molar-refractivity contribution in [3.8, 4) is 10.6 Å². The first-order valence-corrected chi connectivity index (χ1v) is 10.2. The summed E-state index contributed by atoms with van der Waals surface area (Å²) in [5.74, 6) is 0.646. The average molecular weight is 396 g/mol. The average Bonchev–Trinajstić information content (AvgIpc) is 3.45. The Bertz CT molecular complexity index is 980. The third kappa shape index (κ3) is 3.27. The molecule has 3 aromatic rings. The Morgan fingerprint density at radius 2 is 2.14 bits per heavy atom. The number of thiophene rings is 1. The second-order valence-electron chi connectivity index (χ2n) is 6.86. The van der Waals surface area contributed by atoms with Gasteiger partial charge >= 0.3 is 0 Å². The number of fused-ring (bicyclic) bond motifs is 1. The second-order valence-corrected chi connectivity index (χ2v) is 7.81. The maximum absolute atomic E-state index is 13.0. The van der Waals surface area contributed by atoms with E-state index < -0.39 is 0 Å². The van der Waals surface area contributed by atoms with Crippen molar-refractivity contribution < 1.29 is 9.53 Å². The van der Waals surface area contributed by atoms with Gasteiger partial charge in [-0.15, -0.1) is 11.3 Å². The number of carbonyl (C=O) groups is 1. The van der Waals surface area contributed by atoms with E-state index >= 15 is 0 Å². The number of nitrogens with one attached hydrogen (secondary N) is 1. The molecule has 3 aromatic heterocycles. The van der Waals surface area contributed by atoms with Gasteiger partial charge in [0.05, 0.1) is 36.0 Å². The van der Waals surface area contributed by atoms with Gasteiger partial charge in [-0.05, 0) is 29.5 Å². The summed E-state index contributed by atoms with van der Waals surface area (Å²) in [7, 11) is 0. The fourth-order valence-electron chi connectivity index (χ4n) is 3.53. The Labute approximate surface area is 166 Å². The zero-order chi connectivity index (χ0) is 18.9. The highest BCUT2D eigenvalue weighted by atomic mass is 32.1. The molecule has 1 fully saturated rings. The van der Waals surface area contributed by atoms with Crippen LogP contribution in [0, 0.1) is 0 Å². The first kappa shape index (κ1) is 17.3. The van der Waals surface area contributed by atoms with Crippen LogP contribution in [0.4, 0.5) is 5.95 Å². The molecule has 8 nitrogen and oxygen atoms in total. The van der Waals surface area contributed by atoms with Gasteiger partial charge in [0.15, 0.2) is 5.69 Å². The predicted molar refractivity (Wildman–Crippen MR) is 105 cm³/mol. The monoisotopic (exact) mass is 396 g/mol. The minimum Gasteiger partial charge on any atom is -0.378 e. The predicted octanol–water partition coefficient (Wildman–Crippen LogP) is 1.96. The van der Waals surface area contributed by atoms with Crippen LogP contribution in [0.25, 0.3) is 10.6 Å². The van der Waals surface area contributed by atoms with Gasteiger partial charge in [0, 0.05) is 25.8 Å². The zero-order valence-corrected chi connectivity index (χ0v) is 16.1. The number of aromatic nitrogens is 4. The number of nitrogens with zero attached hydrogens (tertiary/aromatic N) is 5. The molecule has 0 unspecified atom stereocenters. The van der Waals surface area contributed by atoms with Gasteiger partial charge < -0.3 is 14.5 Å². The van der Waals surface area contributed by atoms with E-state index in [9.17, 15) is 4.79 Å². The van der Waals surface area contributed by atoms with Crippen LogP contribution in [0.15, 0.2) is 29.8 Å². The second kappa shape index (κ2) is 7.33. The summed E-state index contributed by atoms with van der Waals surface area (Å²) in [4.78, 5) is 27.2. The highest BCUT2D eigenvalue weighted by Crippen LogP contribution is 2.25. The van der Waals surface area contributed by atoms with E-state index in [1.807, 2.05) is 34.7 Å². The normalized spacial score (nSPS) is 16.9. The third-order valence-corrected chi connectivity index (χ3v) is 6.00. The van der Waals surface area contributed by atoms with E-state index in [0.29, 0.717) is 32.0 Å². The van der Waals surface area contributed by atoms with Crippen molar-refractivity contribution in [3.05, 3.63) is 46.7 Å². The van der Waals surface area contributed by atoms with E-state index in [1.54, 1.807) is 11.3 Å². The van der Waals surface area contributed by atoms with Crippen molar-refractivity contribution >= 4 is 23.2 Å². The summed E-state index contributed by atoms with van der Waals surface area (Å²) in [6.07, 6.45) is 2.66. The highest BCUT2D eigenvalue weighted by molar-refractivity contribution is 7.13. The van der Waals surface area contributed by atoms with Crippen molar-refractivity contribution in [3.63, 3.8) is 0 Å². The van der Waals surface area contributed by atoms with Crippen LogP contribution < -0.4 is 4.90 Å². The van der Waals surface area contributed by atoms with Crippen LogP contribution in [0.1, 0.15) is 21.7 Å². The molecule has 0 spiro atoms. The van der Waals surface area contributed by atoms with Crippen LogP contribution in [-0.2, 0) is 17.7 Å². The van der Waals surface area contributed by atoms with Crippen molar-refractivity contribution in [2.24, 2.45) is 0 Å². The Balaban J connectivity index is 1.34. The first-order chi connectivity index (χ1) is 13.8. The van der Waals surface area contributed by atoms with Crippen molar-refractivity contribution in [2.45, 2.75) is 13.0 Å². The Morgan fingerprint density at radius 3 is 2.96 bits per heavy atom. The summed E-state index contributed by atoms with van der Waals surface area (Å²) >= 11 is 1.62. The number of hydrogen-bond donors (Lipinski definition) is 1. The molecule has 1 N–H and O–H groups in total. The lowest BCUT2D eigenvalue weighted by atomic mass is 10.1. The fourth-order valence-corrected chi connectivity index (χ4v) is 4.23. The maximum atomic E-state index is 13.0. The number of hydrogen-bond acceptors (Lipinski definition) is 7. The molecule has 5 heterocycles. The highest BCUT2D eigenvalue weighted by Gasteiger charge is 2.26. The van der Waals surface area contributed by atoms with Crippen molar-refractivity contribution in [1.82, 2.24) is 25.1 Å². The number of anilines is 1. The van der Waals surface area contributed by atoms with Crippen LogP contribution in [0.3, 0.4) is 0 Å². The Morgan fingerprint density at radius 1 is 1.25 bits per heavy atom. The lowest BCUT2D eigenvalue weighted by molar-refractivity contribution is 0.0725. The fraction of sp³-hybridized carbons (Fsp3) is 0.368. The first-order valence-electron chi connectivity index (χ1n) is 9.34.